The second-order valence-electron chi connectivity index (χ2n) is 4.37. The molecular formula is C15H13ClNO5S-. The summed E-state index contributed by atoms with van der Waals surface area (Å²) in [6.07, 6.45) is 6.00. The zero-order valence-electron chi connectivity index (χ0n) is 12.3. The first-order valence-corrected chi connectivity index (χ1v) is 8.19. The number of halogens is 1. The highest BCUT2D eigenvalue weighted by Crippen LogP contribution is 2.28. The topological polar surface area (TPSA) is 88.0 Å². The molecule has 122 valence electrons. The van der Waals surface area contributed by atoms with Gasteiger partial charge in [0.25, 0.3) is 10.0 Å². The number of allylic oxidation sites excluding steroid dienone is 5. The Morgan fingerprint density at radius 2 is 1.91 bits per heavy atom. The lowest BCUT2D eigenvalue weighted by Gasteiger charge is -2.16. The van der Waals surface area contributed by atoms with Gasteiger partial charge in [-0.3, -0.25) is 0 Å². The van der Waals surface area contributed by atoms with E-state index in [2.05, 4.69) is 9.13 Å². The lowest BCUT2D eigenvalue weighted by molar-refractivity contribution is -0.354. The molecule has 1 aromatic carbocycles. The van der Waals surface area contributed by atoms with Crippen LogP contribution in [0.2, 0.25) is 5.02 Å². The van der Waals surface area contributed by atoms with E-state index < -0.39 is 16.0 Å². The Hall–Kier alpha value is -2.25. The Bertz CT molecular complexity index is 837. The predicted molar refractivity (Wildman–Crippen MR) is 84.9 cm³/mol. The molecule has 2 rings (SSSR count). The van der Waals surface area contributed by atoms with E-state index in [1.807, 2.05) is 0 Å². The van der Waals surface area contributed by atoms with Gasteiger partial charge in [-0.25, -0.2) is 0 Å². The van der Waals surface area contributed by atoms with Crippen molar-refractivity contribution in [1.29, 1.82) is 0 Å². The summed E-state index contributed by atoms with van der Waals surface area (Å²) in [6.45, 7) is 0. The van der Waals surface area contributed by atoms with Gasteiger partial charge in [0.05, 0.1) is 28.7 Å². The molecule has 23 heavy (non-hydrogen) atoms. The fraction of sp³-hybridized carbons (Fsp3) is 0.133. The first-order valence-electron chi connectivity index (χ1n) is 6.38. The van der Waals surface area contributed by atoms with Gasteiger partial charge in [0.15, 0.2) is 0 Å². The van der Waals surface area contributed by atoms with Crippen LogP contribution in [0, 0.1) is 0 Å². The SMILES string of the molecule is COC([O-])=C1C=CC=CC1=NS(=O)(=O)c1ccc(OC)c(Cl)c1. The van der Waals surface area contributed by atoms with Crippen LogP contribution < -0.4 is 9.84 Å². The molecule has 0 amide bonds. The molecule has 0 fully saturated rings. The van der Waals surface area contributed by atoms with E-state index in [1.54, 1.807) is 12.2 Å². The third kappa shape index (κ3) is 3.75. The minimum Gasteiger partial charge on any atom is -0.616 e. The van der Waals surface area contributed by atoms with Crippen LogP contribution in [0.1, 0.15) is 0 Å². The number of sulfonamides is 1. The van der Waals surface area contributed by atoms with Gasteiger partial charge in [0.1, 0.15) is 5.75 Å². The summed E-state index contributed by atoms with van der Waals surface area (Å²) in [4.78, 5) is -0.108. The third-order valence-corrected chi connectivity index (χ3v) is 4.53. The van der Waals surface area contributed by atoms with Crippen LogP contribution in [0.3, 0.4) is 0 Å². The lowest BCUT2D eigenvalue weighted by Crippen LogP contribution is -2.16. The first kappa shape index (κ1) is 17.1. The largest absolute Gasteiger partial charge is 0.616 e. The summed E-state index contributed by atoms with van der Waals surface area (Å²) in [5, 5.41) is 11.8. The molecule has 0 heterocycles. The van der Waals surface area contributed by atoms with E-state index in [0.29, 0.717) is 5.75 Å². The zero-order chi connectivity index (χ0) is 17.0. The van der Waals surface area contributed by atoms with Crippen LogP contribution in [-0.2, 0) is 14.8 Å². The Morgan fingerprint density at radius 3 is 2.52 bits per heavy atom. The third-order valence-electron chi connectivity index (χ3n) is 2.95. The summed E-state index contributed by atoms with van der Waals surface area (Å²) in [6, 6.07) is 3.99. The molecule has 0 saturated heterocycles. The number of rotatable bonds is 4. The van der Waals surface area contributed by atoms with Crippen molar-refractivity contribution in [2.75, 3.05) is 14.2 Å². The Balaban J connectivity index is 2.50. The second-order valence-corrected chi connectivity index (χ2v) is 6.38. The summed E-state index contributed by atoms with van der Waals surface area (Å²) < 4.78 is 38.1. The number of methoxy groups -OCH3 is 2. The fourth-order valence-electron chi connectivity index (χ4n) is 1.83. The standard InChI is InChI=1S/C15H14ClNO5S/c1-21-14-8-7-10(9-12(14)16)23(19,20)17-13-6-4-3-5-11(13)15(18)22-2/h3-9,18H,1-2H3/p-1. The van der Waals surface area contributed by atoms with Gasteiger partial charge in [0.2, 0.25) is 0 Å². The molecule has 1 aliphatic carbocycles. The minimum absolute atomic E-state index is 0.00806. The molecule has 0 bridgehead atoms. The zero-order valence-corrected chi connectivity index (χ0v) is 13.9. The van der Waals surface area contributed by atoms with Crippen molar-refractivity contribution in [3.8, 4) is 5.75 Å². The Morgan fingerprint density at radius 1 is 1.22 bits per heavy atom. The van der Waals surface area contributed by atoms with Crippen molar-refractivity contribution in [3.63, 3.8) is 0 Å². The number of hydrogen-bond donors (Lipinski definition) is 0. The van der Waals surface area contributed by atoms with E-state index in [9.17, 15) is 13.5 Å². The van der Waals surface area contributed by atoms with E-state index in [0.717, 1.165) is 0 Å². The molecule has 0 aliphatic heterocycles. The molecule has 0 radical (unpaired) electrons. The Kier molecular flexibility index (Phi) is 5.12. The van der Waals surface area contributed by atoms with Crippen LogP contribution in [-0.4, -0.2) is 28.3 Å². The molecule has 1 aliphatic rings. The van der Waals surface area contributed by atoms with Crippen LogP contribution in [0.25, 0.3) is 0 Å². The van der Waals surface area contributed by atoms with E-state index in [1.165, 1.54) is 44.6 Å². The van der Waals surface area contributed by atoms with Crippen LogP contribution in [0.4, 0.5) is 0 Å². The molecule has 0 spiro atoms. The van der Waals surface area contributed by atoms with Gasteiger partial charge in [-0.1, -0.05) is 29.8 Å². The average molecular weight is 355 g/mol. The number of benzene rings is 1. The van der Waals surface area contributed by atoms with Gasteiger partial charge in [-0.2, -0.15) is 12.8 Å². The second kappa shape index (κ2) is 6.89. The smallest absolute Gasteiger partial charge is 0.282 e. The number of nitrogens with zero attached hydrogens (tertiary/aromatic N) is 1. The van der Waals surface area contributed by atoms with Crippen molar-refractivity contribution in [2.24, 2.45) is 4.40 Å². The van der Waals surface area contributed by atoms with Crippen LogP contribution >= 0.6 is 11.6 Å². The molecule has 6 nitrogen and oxygen atoms in total. The normalized spacial score (nSPS) is 18.1. The first-order chi connectivity index (χ1) is 10.9. The highest BCUT2D eigenvalue weighted by atomic mass is 35.5. The highest BCUT2D eigenvalue weighted by molar-refractivity contribution is 7.90. The average Bonchev–Trinajstić information content (AvgIpc) is 2.54. The predicted octanol–water partition coefficient (Wildman–Crippen LogP) is 1.82. The van der Waals surface area contributed by atoms with Gasteiger partial charge < -0.3 is 14.6 Å². The molecule has 0 aromatic heterocycles. The monoisotopic (exact) mass is 354 g/mol. The van der Waals surface area contributed by atoms with Gasteiger partial charge >= 0.3 is 0 Å². The Labute approximate surface area is 139 Å². The van der Waals surface area contributed by atoms with Crippen molar-refractivity contribution in [2.45, 2.75) is 4.90 Å². The van der Waals surface area contributed by atoms with Crippen molar-refractivity contribution in [3.05, 3.63) is 59.0 Å². The maximum absolute atomic E-state index is 12.4. The van der Waals surface area contributed by atoms with Crippen molar-refractivity contribution < 1.29 is 23.0 Å². The summed E-state index contributed by atoms with van der Waals surface area (Å²) in [5.41, 5.74) is 0.0458. The van der Waals surface area contributed by atoms with E-state index >= 15 is 0 Å². The molecule has 1 aromatic rings. The van der Waals surface area contributed by atoms with Gasteiger partial charge in [-0.05, 0) is 31.4 Å². The molecule has 0 saturated carbocycles. The van der Waals surface area contributed by atoms with E-state index in [-0.39, 0.29) is 21.2 Å². The molecule has 8 heteroatoms. The summed E-state index contributed by atoms with van der Waals surface area (Å²) >= 11 is 5.94. The maximum atomic E-state index is 12.4. The van der Waals surface area contributed by atoms with Crippen LogP contribution in [0.5, 0.6) is 5.75 Å². The highest BCUT2D eigenvalue weighted by Gasteiger charge is 2.18. The summed E-state index contributed by atoms with van der Waals surface area (Å²) in [5.74, 6) is -0.326. The van der Waals surface area contributed by atoms with Gasteiger partial charge in [-0.15, -0.1) is 0 Å². The molecule has 0 N–H and O–H groups in total. The molecule has 0 unspecified atom stereocenters. The van der Waals surface area contributed by atoms with Crippen molar-refractivity contribution in [1.82, 2.24) is 0 Å². The van der Waals surface area contributed by atoms with Crippen molar-refractivity contribution >= 4 is 27.3 Å². The number of ether oxygens (including phenoxy) is 2. The number of hydrogen-bond acceptors (Lipinski definition) is 5. The molecular weight excluding hydrogens is 342 g/mol. The minimum atomic E-state index is -4.05. The van der Waals surface area contributed by atoms with Crippen LogP contribution in [0.15, 0.2) is 63.3 Å². The van der Waals surface area contributed by atoms with Gasteiger partial charge in [0, 0.05) is 5.57 Å². The lowest BCUT2D eigenvalue weighted by atomic mass is 10.1. The van der Waals surface area contributed by atoms with E-state index in [4.69, 9.17) is 16.3 Å². The quantitative estimate of drug-likeness (QED) is 0.769. The maximum Gasteiger partial charge on any atom is 0.282 e. The molecule has 0 atom stereocenters. The summed E-state index contributed by atoms with van der Waals surface area (Å²) in [7, 11) is -1.42. The fourth-order valence-corrected chi connectivity index (χ4v) is 3.18.